The predicted molar refractivity (Wildman–Crippen MR) is 38.8 cm³/mol. The van der Waals surface area contributed by atoms with E-state index in [0.29, 0.717) is 6.54 Å². The van der Waals surface area contributed by atoms with Crippen LogP contribution in [0.2, 0.25) is 0 Å². The van der Waals surface area contributed by atoms with E-state index in [4.69, 9.17) is 0 Å². The van der Waals surface area contributed by atoms with Gasteiger partial charge in [-0.15, -0.1) is 0 Å². The molecule has 1 rings (SSSR count). The first-order chi connectivity index (χ1) is 4.66. The number of carbonyl (C=O) groups excluding carboxylic acids is 1. The molecule has 10 heavy (non-hydrogen) atoms. The fourth-order valence-electron chi connectivity index (χ4n) is 1.07. The molecule has 1 aliphatic heterocycles. The van der Waals surface area contributed by atoms with Crippen molar-refractivity contribution in [2.75, 3.05) is 27.7 Å². The van der Waals surface area contributed by atoms with Crippen LogP contribution in [0, 0.1) is 0 Å². The van der Waals surface area contributed by atoms with E-state index >= 15 is 0 Å². The maximum absolute atomic E-state index is 11.0. The number of carbonyl (C=O) groups is 1. The SMILES string of the molecule is C/N=C1/N(C)CC(=O)N1C. The zero-order valence-electron chi connectivity index (χ0n) is 6.46. The van der Waals surface area contributed by atoms with Crippen LogP contribution < -0.4 is 0 Å². The van der Waals surface area contributed by atoms with Gasteiger partial charge in [-0.25, -0.2) is 0 Å². The summed E-state index contributed by atoms with van der Waals surface area (Å²) in [5.41, 5.74) is 0. The Bertz CT molecular complexity index is 187. The minimum Gasteiger partial charge on any atom is -0.336 e. The van der Waals surface area contributed by atoms with Crippen molar-refractivity contribution in [2.45, 2.75) is 0 Å². The van der Waals surface area contributed by atoms with Gasteiger partial charge in [-0.2, -0.15) is 0 Å². The van der Waals surface area contributed by atoms with Gasteiger partial charge in [0.1, 0.15) is 0 Å². The standard InChI is InChI=1S/C6H11N3O/c1-7-6-8(2)4-5(10)9(6)3/h4H2,1-3H3/b7-6-. The molecule has 0 radical (unpaired) electrons. The highest BCUT2D eigenvalue weighted by atomic mass is 16.2. The Balaban J connectivity index is 2.84. The molecule has 0 unspecified atom stereocenters. The Hall–Kier alpha value is -1.06. The van der Waals surface area contributed by atoms with Crippen molar-refractivity contribution >= 4 is 11.9 Å². The van der Waals surface area contributed by atoms with Gasteiger partial charge in [0.05, 0.1) is 6.54 Å². The lowest BCUT2D eigenvalue weighted by Gasteiger charge is -2.12. The van der Waals surface area contributed by atoms with Crippen LogP contribution in [0.1, 0.15) is 0 Å². The monoisotopic (exact) mass is 141 g/mol. The van der Waals surface area contributed by atoms with E-state index in [9.17, 15) is 4.79 Å². The maximum Gasteiger partial charge on any atom is 0.248 e. The summed E-state index contributed by atoms with van der Waals surface area (Å²) >= 11 is 0. The van der Waals surface area contributed by atoms with Crippen molar-refractivity contribution in [3.05, 3.63) is 0 Å². The van der Waals surface area contributed by atoms with Crippen LogP contribution in [0.5, 0.6) is 0 Å². The molecule has 1 heterocycles. The highest BCUT2D eigenvalue weighted by Gasteiger charge is 2.27. The summed E-state index contributed by atoms with van der Waals surface area (Å²) in [5.74, 6) is 0.841. The van der Waals surface area contributed by atoms with Gasteiger partial charge in [0.2, 0.25) is 11.9 Å². The van der Waals surface area contributed by atoms with Crippen molar-refractivity contribution in [3.63, 3.8) is 0 Å². The van der Waals surface area contributed by atoms with Crippen LogP contribution in [-0.2, 0) is 4.79 Å². The van der Waals surface area contributed by atoms with Crippen LogP contribution in [0.3, 0.4) is 0 Å². The van der Waals surface area contributed by atoms with Gasteiger partial charge in [-0.05, 0) is 0 Å². The van der Waals surface area contributed by atoms with Gasteiger partial charge < -0.3 is 4.90 Å². The first kappa shape index (κ1) is 7.05. The van der Waals surface area contributed by atoms with Gasteiger partial charge >= 0.3 is 0 Å². The number of nitrogens with zero attached hydrogens (tertiary/aromatic N) is 3. The molecule has 0 N–H and O–H groups in total. The quantitative estimate of drug-likeness (QED) is 0.450. The number of guanidine groups is 1. The second-order valence-corrected chi connectivity index (χ2v) is 2.33. The molecule has 0 spiro atoms. The number of likely N-dealkylation sites (N-methyl/N-ethyl adjacent to an activating group) is 2. The molecule has 0 aromatic heterocycles. The van der Waals surface area contributed by atoms with Crippen LogP contribution in [-0.4, -0.2) is 49.4 Å². The van der Waals surface area contributed by atoms with Gasteiger partial charge in [0.15, 0.2) is 0 Å². The molecular weight excluding hydrogens is 130 g/mol. The van der Waals surface area contributed by atoms with Crippen molar-refractivity contribution in [1.29, 1.82) is 0 Å². The van der Waals surface area contributed by atoms with E-state index in [1.807, 2.05) is 11.9 Å². The molecule has 0 aromatic carbocycles. The topological polar surface area (TPSA) is 35.9 Å². The average molecular weight is 141 g/mol. The average Bonchev–Trinajstić information content (AvgIpc) is 2.09. The number of hydrogen-bond donors (Lipinski definition) is 0. The molecule has 0 saturated carbocycles. The van der Waals surface area contributed by atoms with E-state index in [0.717, 1.165) is 5.96 Å². The van der Waals surface area contributed by atoms with Crippen molar-refractivity contribution in [1.82, 2.24) is 9.80 Å². The van der Waals surface area contributed by atoms with Crippen LogP contribution in [0.4, 0.5) is 0 Å². The summed E-state index contributed by atoms with van der Waals surface area (Å²) < 4.78 is 0. The third-order valence-corrected chi connectivity index (χ3v) is 1.59. The summed E-state index contributed by atoms with van der Waals surface area (Å²) in [6, 6.07) is 0. The van der Waals surface area contributed by atoms with Crippen molar-refractivity contribution < 1.29 is 4.79 Å². The summed E-state index contributed by atoms with van der Waals surface area (Å²) in [5, 5.41) is 0. The highest BCUT2D eigenvalue weighted by molar-refractivity contribution is 6.03. The number of rotatable bonds is 0. The molecule has 1 saturated heterocycles. The first-order valence-corrected chi connectivity index (χ1v) is 3.11. The van der Waals surface area contributed by atoms with E-state index in [1.54, 1.807) is 19.0 Å². The minimum atomic E-state index is 0.100. The fourth-order valence-corrected chi connectivity index (χ4v) is 1.07. The second-order valence-electron chi connectivity index (χ2n) is 2.33. The predicted octanol–water partition coefficient (Wildman–Crippen LogP) is -0.624. The molecule has 0 atom stereocenters. The largest absolute Gasteiger partial charge is 0.336 e. The molecule has 4 nitrogen and oxygen atoms in total. The lowest BCUT2D eigenvalue weighted by atomic mass is 10.6. The number of hydrogen-bond acceptors (Lipinski definition) is 2. The summed E-state index contributed by atoms with van der Waals surface area (Å²) in [6.07, 6.45) is 0. The molecule has 0 aromatic rings. The summed E-state index contributed by atoms with van der Waals surface area (Å²) in [6.45, 7) is 0.448. The molecule has 1 amide bonds. The molecule has 4 heteroatoms. The lowest BCUT2D eigenvalue weighted by Crippen LogP contribution is -2.29. The second kappa shape index (κ2) is 2.28. The van der Waals surface area contributed by atoms with Gasteiger partial charge in [0, 0.05) is 21.1 Å². The Labute approximate surface area is 60.1 Å². The van der Waals surface area contributed by atoms with E-state index in [1.165, 1.54) is 0 Å². The highest BCUT2D eigenvalue weighted by Crippen LogP contribution is 2.03. The first-order valence-electron chi connectivity index (χ1n) is 3.11. The van der Waals surface area contributed by atoms with Gasteiger partial charge in [-0.3, -0.25) is 14.7 Å². The van der Waals surface area contributed by atoms with Crippen LogP contribution >= 0.6 is 0 Å². The summed E-state index contributed by atoms with van der Waals surface area (Å²) in [7, 11) is 5.26. The molecule has 0 bridgehead atoms. The third-order valence-electron chi connectivity index (χ3n) is 1.59. The molecular formula is C6H11N3O. The number of amides is 1. The normalized spacial score (nSPS) is 23.1. The molecule has 1 fully saturated rings. The van der Waals surface area contributed by atoms with Crippen LogP contribution in [0.25, 0.3) is 0 Å². The van der Waals surface area contributed by atoms with Crippen molar-refractivity contribution in [2.24, 2.45) is 4.99 Å². The Morgan fingerprint density at radius 3 is 2.30 bits per heavy atom. The third kappa shape index (κ3) is 0.853. The Kier molecular flexibility index (Phi) is 1.61. The minimum absolute atomic E-state index is 0.100. The maximum atomic E-state index is 11.0. The fraction of sp³-hybridized carbons (Fsp3) is 0.667. The smallest absolute Gasteiger partial charge is 0.248 e. The zero-order valence-corrected chi connectivity index (χ0v) is 6.46. The molecule has 1 aliphatic rings. The van der Waals surface area contributed by atoms with Gasteiger partial charge in [0.25, 0.3) is 0 Å². The van der Waals surface area contributed by atoms with E-state index in [2.05, 4.69) is 4.99 Å². The number of aliphatic imine (C=N–C) groups is 1. The van der Waals surface area contributed by atoms with E-state index < -0.39 is 0 Å². The van der Waals surface area contributed by atoms with Crippen LogP contribution in [0.15, 0.2) is 4.99 Å². The Morgan fingerprint density at radius 1 is 1.50 bits per heavy atom. The van der Waals surface area contributed by atoms with Gasteiger partial charge in [-0.1, -0.05) is 0 Å². The summed E-state index contributed by atoms with van der Waals surface area (Å²) in [4.78, 5) is 18.3. The lowest BCUT2D eigenvalue weighted by molar-refractivity contribution is -0.124. The zero-order chi connectivity index (χ0) is 7.72. The van der Waals surface area contributed by atoms with Crippen molar-refractivity contribution in [3.8, 4) is 0 Å². The Morgan fingerprint density at radius 2 is 2.10 bits per heavy atom. The molecule has 0 aliphatic carbocycles. The molecule has 56 valence electrons. The van der Waals surface area contributed by atoms with E-state index in [-0.39, 0.29) is 5.91 Å².